The molecule has 72 valence electrons. The van der Waals surface area contributed by atoms with Crippen molar-refractivity contribution in [2.45, 2.75) is 13.0 Å². The van der Waals surface area contributed by atoms with Crippen LogP contribution in [0.5, 0.6) is 0 Å². The Labute approximate surface area is 70.7 Å². The molecular weight excluding hydrogens is 186 g/mol. The highest BCUT2D eigenvalue weighted by Crippen LogP contribution is 2.04. The van der Waals surface area contributed by atoms with Crippen LogP contribution in [0.3, 0.4) is 0 Å². The van der Waals surface area contributed by atoms with Crippen LogP contribution < -0.4 is 0 Å². The van der Waals surface area contributed by atoms with E-state index in [0.717, 1.165) is 13.4 Å². The third kappa shape index (κ3) is 2.76. The van der Waals surface area contributed by atoms with E-state index in [9.17, 15) is 13.2 Å². The molecule has 0 bridgehead atoms. The van der Waals surface area contributed by atoms with Gasteiger partial charge in [-0.1, -0.05) is 4.47 Å². The lowest BCUT2D eigenvalue weighted by Crippen LogP contribution is -2.41. The number of carbonyl (C=O) groups is 1. The number of hydroxylamine groups is 1. The number of sulfonamides is 1. The highest BCUT2D eigenvalue weighted by atomic mass is 32.2. The van der Waals surface area contributed by atoms with E-state index in [1.54, 1.807) is 0 Å². The molecule has 0 heterocycles. The third-order valence-electron chi connectivity index (χ3n) is 1.18. The van der Waals surface area contributed by atoms with Crippen LogP contribution in [0, 0.1) is 0 Å². The minimum atomic E-state index is -3.63. The van der Waals surface area contributed by atoms with E-state index >= 15 is 0 Å². The molecule has 0 aromatic carbocycles. The minimum absolute atomic E-state index is 0.426. The van der Waals surface area contributed by atoms with Crippen LogP contribution in [-0.4, -0.2) is 43.4 Å². The van der Waals surface area contributed by atoms with Gasteiger partial charge in [0.25, 0.3) is 0 Å². The monoisotopic (exact) mass is 197 g/mol. The first-order valence-corrected chi connectivity index (χ1v) is 4.92. The van der Waals surface area contributed by atoms with Gasteiger partial charge >= 0.3 is 5.97 Å². The van der Waals surface area contributed by atoms with E-state index in [4.69, 9.17) is 5.11 Å². The second-order valence-electron chi connectivity index (χ2n) is 2.22. The van der Waals surface area contributed by atoms with E-state index < -0.39 is 22.0 Å². The van der Waals surface area contributed by atoms with Crippen molar-refractivity contribution in [3.63, 3.8) is 0 Å². The Morgan fingerprint density at radius 1 is 1.58 bits per heavy atom. The lowest BCUT2D eigenvalue weighted by molar-refractivity contribution is -0.154. The molecule has 0 spiro atoms. The molecule has 12 heavy (non-hydrogen) atoms. The molecule has 0 aromatic rings. The van der Waals surface area contributed by atoms with Gasteiger partial charge in [-0.15, -0.1) is 0 Å². The fourth-order valence-corrected chi connectivity index (χ4v) is 1.61. The Morgan fingerprint density at radius 2 is 2.00 bits per heavy atom. The van der Waals surface area contributed by atoms with Crippen molar-refractivity contribution in [2.75, 3.05) is 13.4 Å². The Morgan fingerprint density at radius 3 is 2.08 bits per heavy atom. The highest BCUT2D eigenvalue weighted by Gasteiger charge is 2.28. The summed E-state index contributed by atoms with van der Waals surface area (Å²) in [5.74, 6) is -1.26. The van der Waals surface area contributed by atoms with Crippen LogP contribution in [-0.2, 0) is 19.7 Å². The van der Waals surface area contributed by atoms with Crippen molar-refractivity contribution < 1.29 is 23.2 Å². The molecule has 0 saturated carbocycles. The second-order valence-corrected chi connectivity index (χ2v) is 4.04. The van der Waals surface area contributed by atoms with Crippen molar-refractivity contribution in [1.29, 1.82) is 0 Å². The molecule has 1 atom stereocenters. The van der Waals surface area contributed by atoms with Gasteiger partial charge in [0.1, 0.15) is 6.04 Å². The fraction of sp³-hybridized carbons (Fsp3) is 0.800. The molecule has 0 aliphatic carbocycles. The first kappa shape index (κ1) is 11.3. The van der Waals surface area contributed by atoms with Gasteiger partial charge in [-0.05, 0) is 6.92 Å². The van der Waals surface area contributed by atoms with Gasteiger partial charge in [-0.25, -0.2) is 8.42 Å². The maximum atomic E-state index is 10.8. The molecule has 0 amide bonds. The van der Waals surface area contributed by atoms with E-state index in [1.165, 1.54) is 6.92 Å². The SMILES string of the molecule is CON(C(C)C(=O)O)S(C)(=O)=O. The summed E-state index contributed by atoms with van der Waals surface area (Å²) >= 11 is 0. The maximum absolute atomic E-state index is 10.8. The highest BCUT2D eigenvalue weighted by molar-refractivity contribution is 7.88. The van der Waals surface area contributed by atoms with Crippen LogP contribution in [0.25, 0.3) is 0 Å². The summed E-state index contributed by atoms with van der Waals surface area (Å²) in [7, 11) is -2.53. The van der Waals surface area contributed by atoms with Crippen molar-refractivity contribution in [3.05, 3.63) is 0 Å². The molecule has 6 nitrogen and oxygen atoms in total. The Bertz CT molecular complexity index is 259. The molecule has 7 heteroatoms. The first-order chi connectivity index (χ1) is 5.30. The van der Waals surface area contributed by atoms with E-state index in [2.05, 4.69) is 4.84 Å². The van der Waals surface area contributed by atoms with Gasteiger partial charge in [0.05, 0.1) is 13.4 Å². The number of carboxylic acids is 1. The topological polar surface area (TPSA) is 83.9 Å². The molecule has 0 aliphatic heterocycles. The summed E-state index contributed by atoms with van der Waals surface area (Å²) in [5, 5.41) is 8.46. The van der Waals surface area contributed by atoms with Gasteiger partial charge < -0.3 is 5.11 Å². The van der Waals surface area contributed by atoms with Gasteiger partial charge in [0.2, 0.25) is 10.0 Å². The average molecular weight is 197 g/mol. The number of rotatable bonds is 4. The van der Waals surface area contributed by atoms with Gasteiger partial charge in [0, 0.05) is 0 Å². The van der Waals surface area contributed by atoms with Crippen molar-refractivity contribution in [3.8, 4) is 0 Å². The van der Waals surface area contributed by atoms with Crippen LogP contribution in [0.15, 0.2) is 0 Å². The molecule has 0 aliphatic rings. The summed E-state index contributed by atoms with van der Waals surface area (Å²) in [5.41, 5.74) is 0. The number of hydrogen-bond donors (Lipinski definition) is 1. The van der Waals surface area contributed by atoms with Crippen LogP contribution in [0.1, 0.15) is 6.92 Å². The zero-order valence-electron chi connectivity index (χ0n) is 7.01. The van der Waals surface area contributed by atoms with Crippen molar-refractivity contribution in [1.82, 2.24) is 4.47 Å². The van der Waals surface area contributed by atoms with Gasteiger partial charge in [0.15, 0.2) is 0 Å². The minimum Gasteiger partial charge on any atom is -0.480 e. The average Bonchev–Trinajstić information content (AvgIpc) is 1.85. The Kier molecular flexibility index (Phi) is 3.62. The van der Waals surface area contributed by atoms with Gasteiger partial charge in [-0.3, -0.25) is 9.63 Å². The predicted octanol–water partition coefficient (Wildman–Crippen LogP) is -0.717. The van der Waals surface area contributed by atoms with E-state index in [1.807, 2.05) is 0 Å². The third-order valence-corrected chi connectivity index (χ3v) is 2.30. The zero-order valence-corrected chi connectivity index (χ0v) is 7.83. The molecule has 0 fully saturated rings. The summed E-state index contributed by atoms with van der Waals surface area (Å²) in [6, 6.07) is -1.22. The van der Waals surface area contributed by atoms with Crippen LogP contribution >= 0.6 is 0 Å². The quantitative estimate of drug-likeness (QED) is 0.601. The zero-order chi connectivity index (χ0) is 9.94. The molecule has 0 saturated heterocycles. The largest absolute Gasteiger partial charge is 0.480 e. The smallest absolute Gasteiger partial charge is 0.324 e. The number of hydrogen-bond acceptors (Lipinski definition) is 4. The van der Waals surface area contributed by atoms with E-state index in [-0.39, 0.29) is 0 Å². The predicted molar refractivity (Wildman–Crippen MR) is 40.8 cm³/mol. The fourth-order valence-electron chi connectivity index (χ4n) is 0.671. The normalized spacial score (nSPS) is 14.7. The summed E-state index contributed by atoms with van der Waals surface area (Å²) in [6.07, 6.45) is 0.871. The van der Waals surface area contributed by atoms with Crippen molar-refractivity contribution in [2.24, 2.45) is 0 Å². The standard InChI is InChI=1S/C5H11NO5S/c1-4(5(7)8)6(11-2)12(3,9)10/h4H,1-3H3,(H,7,8). The summed E-state index contributed by atoms with van der Waals surface area (Å²) in [6.45, 7) is 1.22. The molecule has 1 N–H and O–H groups in total. The lowest BCUT2D eigenvalue weighted by atomic mass is 10.4. The van der Waals surface area contributed by atoms with Crippen LogP contribution in [0.4, 0.5) is 0 Å². The van der Waals surface area contributed by atoms with Crippen LogP contribution in [0.2, 0.25) is 0 Å². The Hall–Kier alpha value is -0.660. The summed E-state index contributed by atoms with van der Waals surface area (Å²) in [4.78, 5) is 14.8. The summed E-state index contributed by atoms with van der Waals surface area (Å²) < 4.78 is 22.1. The lowest BCUT2D eigenvalue weighted by Gasteiger charge is -2.20. The number of aliphatic carboxylic acids is 1. The molecule has 0 rings (SSSR count). The number of nitrogens with zero attached hydrogens (tertiary/aromatic N) is 1. The molecular formula is C5H11NO5S. The maximum Gasteiger partial charge on any atom is 0.324 e. The molecule has 0 radical (unpaired) electrons. The second kappa shape index (κ2) is 3.83. The number of carboxylic acid groups (broad SMARTS) is 1. The van der Waals surface area contributed by atoms with E-state index in [0.29, 0.717) is 4.47 Å². The van der Waals surface area contributed by atoms with Gasteiger partial charge in [-0.2, -0.15) is 0 Å². The van der Waals surface area contributed by atoms with Crippen molar-refractivity contribution >= 4 is 16.0 Å². The molecule has 1 unspecified atom stereocenters. The first-order valence-electron chi connectivity index (χ1n) is 3.07. The Balaban J connectivity index is 4.70. The molecule has 0 aromatic heterocycles.